The van der Waals surface area contributed by atoms with E-state index >= 15 is 0 Å². The van der Waals surface area contributed by atoms with Gasteiger partial charge in [-0.1, -0.05) is 40.4 Å². The van der Waals surface area contributed by atoms with Crippen LogP contribution in [0.1, 0.15) is 41.5 Å². The number of rotatable bonds is 3. The van der Waals surface area contributed by atoms with Gasteiger partial charge >= 0.3 is 0 Å². The molecule has 0 spiro atoms. The first-order valence-corrected chi connectivity index (χ1v) is 7.85. The average molecular weight is 208 g/mol. The van der Waals surface area contributed by atoms with Crippen molar-refractivity contribution in [1.29, 1.82) is 0 Å². The summed E-state index contributed by atoms with van der Waals surface area (Å²) in [5.41, 5.74) is 0. The first kappa shape index (κ1) is 13.4. The normalized spacial score (nSPS) is 19.5. The Morgan fingerprint density at radius 3 is 1.07 bits per heavy atom. The molecular weight excluding hydrogens is 184 g/mol. The molecule has 0 aliphatic heterocycles. The van der Waals surface area contributed by atoms with Crippen molar-refractivity contribution in [2.75, 3.05) is 0 Å². The molecule has 80 valence electrons. The van der Waals surface area contributed by atoms with E-state index in [-0.39, 0.29) is 0 Å². The van der Waals surface area contributed by atoms with Gasteiger partial charge < -0.3 is 0 Å². The Morgan fingerprint density at radius 1 is 0.714 bits per heavy atom. The molecule has 0 rings (SSSR count). The molecule has 0 N–H and O–H groups in total. The molecule has 0 aromatic carbocycles. The van der Waals surface area contributed by atoms with Crippen LogP contribution < -0.4 is 0 Å². The molecule has 0 amide bonds. The summed E-state index contributed by atoms with van der Waals surface area (Å²) in [6.07, 6.45) is 6.81. The monoisotopic (exact) mass is 208 g/mol. The summed E-state index contributed by atoms with van der Waals surface area (Å²) in [5.74, 6) is 0. The SMILES string of the molecule is CC=C(C)[Si](C)(C(C)=CC)C(C)=CC. The Hall–Kier alpha value is -0.563. The third kappa shape index (κ3) is 2.27. The molecule has 1 heteroatoms. The van der Waals surface area contributed by atoms with Crippen molar-refractivity contribution in [3.63, 3.8) is 0 Å². The summed E-state index contributed by atoms with van der Waals surface area (Å²) in [6.45, 7) is 15.7. The second-order valence-electron chi connectivity index (χ2n) is 4.04. The minimum Gasteiger partial charge on any atom is -0.0919 e. The van der Waals surface area contributed by atoms with Crippen LogP contribution in [0.5, 0.6) is 0 Å². The van der Waals surface area contributed by atoms with E-state index in [0.29, 0.717) is 0 Å². The molecule has 0 saturated heterocycles. The summed E-state index contributed by atoms with van der Waals surface area (Å²) >= 11 is 0. The van der Waals surface area contributed by atoms with Gasteiger partial charge in [0, 0.05) is 0 Å². The summed E-state index contributed by atoms with van der Waals surface area (Å²) in [4.78, 5) is 0. The second kappa shape index (κ2) is 5.35. The van der Waals surface area contributed by atoms with Gasteiger partial charge in [-0.15, -0.1) is 0 Å². The summed E-state index contributed by atoms with van der Waals surface area (Å²) in [5, 5.41) is 4.68. The Kier molecular flexibility index (Phi) is 5.14. The maximum absolute atomic E-state index is 2.44. The van der Waals surface area contributed by atoms with Gasteiger partial charge in [0.15, 0.2) is 0 Å². The largest absolute Gasteiger partial charge is 0.131 e. The zero-order chi connectivity index (χ0) is 11.4. The molecule has 0 atom stereocenters. The topological polar surface area (TPSA) is 0 Å². The van der Waals surface area contributed by atoms with E-state index in [1.807, 2.05) is 0 Å². The fraction of sp³-hybridized carbons (Fsp3) is 0.538. The lowest BCUT2D eigenvalue weighted by molar-refractivity contribution is 1.38. The highest BCUT2D eigenvalue weighted by molar-refractivity contribution is 6.97. The fourth-order valence-electron chi connectivity index (χ4n) is 1.80. The zero-order valence-corrected chi connectivity index (χ0v) is 11.7. The van der Waals surface area contributed by atoms with Crippen LogP contribution in [-0.2, 0) is 0 Å². The smallest absolute Gasteiger partial charge is 0.0919 e. The van der Waals surface area contributed by atoms with E-state index in [2.05, 4.69) is 66.3 Å². The van der Waals surface area contributed by atoms with Gasteiger partial charge in [-0.25, -0.2) is 0 Å². The lowest BCUT2D eigenvalue weighted by atomic mass is 10.5. The Balaban J connectivity index is 5.51. The predicted molar refractivity (Wildman–Crippen MR) is 69.9 cm³/mol. The fourth-order valence-corrected chi connectivity index (χ4v) is 5.40. The molecule has 0 nitrogen and oxygen atoms in total. The molecule has 0 bridgehead atoms. The molecule has 0 aromatic heterocycles. The van der Waals surface area contributed by atoms with Crippen molar-refractivity contribution in [1.82, 2.24) is 0 Å². The summed E-state index contributed by atoms with van der Waals surface area (Å²) in [7, 11) is -1.48. The summed E-state index contributed by atoms with van der Waals surface area (Å²) in [6, 6.07) is 0. The highest BCUT2D eigenvalue weighted by Gasteiger charge is 2.31. The minimum atomic E-state index is -1.48. The van der Waals surface area contributed by atoms with E-state index < -0.39 is 8.07 Å². The Bertz CT molecular complexity index is 234. The molecule has 14 heavy (non-hydrogen) atoms. The van der Waals surface area contributed by atoms with Crippen LogP contribution in [0.25, 0.3) is 0 Å². The quantitative estimate of drug-likeness (QED) is 0.596. The highest BCUT2D eigenvalue weighted by atomic mass is 28.3. The third-order valence-corrected chi connectivity index (χ3v) is 9.26. The van der Waals surface area contributed by atoms with Crippen molar-refractivity contribution >= 4 is 8.07 Å². The van der Waals surface area contributed by atoms with E-state index in [9.17, 15) is 0 Å². The van der Waals surface area contributed by atoms with Gasteiger partial charge in [0.2, 0.25) is 0 Å². The van der Waals surface area contributed by atoms with Crippen LogP contribution in [0, 0.1) is 0 Å². The second-order valence-corrected chi connectivity index (χ2v) is 8.66. The van der Waals surface area contributed by atoms with E-state index in [1.54, 1.807) is 15.6 Å². The molecule has 0 radical (unpaired) electrons. The standard InChI is InChI=1S/C13H24Si/c1-8-11(4)14(7,12(5)9-2)13(6)10-3/h8-10H,1-7H3. The molecule has 0 aromatic rings. The van der Waals surface area contributed by atoms with E-state index in [0.717, 1.165) is 0 Å². The first-order valence-electron chi connectivity index (χ1n) is 5.35. The van der Waals surface area contributed by atoms with Crippen LogP contribution in [-0.4, -0.2) is 8.07 Å². The maximum Gasteiger partial charge on any atom is 0.131 e. The molecule has 0 aliphatic carbocycles. The average Bonchev–Trinajstić information content (AvgIpc) is 2.24. The van der Waals surface area contributed by atoms with E-state index in [1.165, 1.54) is 0 Å². The number of hydrogen-bond donors (Lipinski definition) is 0. The minimum absolute atomic E-state index is 1.48. The summed E-state index contributed by atoms with van der Waals surface area (Å²) < 4.78 is 0. The Labute approximate surface area is 90.4 Å². The van der Waals surface area contributed by atoms with Crippen molar-refractivity contribution < 1.29 is 0 Å². The molecular formula is C13H24Si. The van der Waals surface area contributed by atoms with Crippen molar-refractivity contribution in [3.05, 3.63) is 33.8 Å². The Morgan fingerprint density at radius 2 is 0.929 bits per heavy atom. The van der Waals surface area contributed by atoms with Gasteiger partial charge in [0.25, 0.3) is 0 Å². The number of hydrogen-bond acceptors (Lipinski definition) is 0. The lowest BCUT2D eigenvalue weighted by Gasteiger charge is -2.31. The number of allylic oxidation sites excluding steroid dienone is 6. The molecule has 0 aliphatic rings. The van der Waals surface area contributed by atoms with Crippen LogP contribution in [0.3, 0.4) is 0 Å². The van der Waals surface area contributed by atoms with Crippen LogP contribution >= 0.6 is 0 Å². The van der Waals surface area contributed by atoms with Crippen molar-refractivity contribution in [2.45, 2.75) is 48.1 Å². The molecule has 0 heterocycles. The maximum atomic E-state index is 2.44. The third-order valence-electron chi connectivity index (χ3n) is 3.67. The van der Waals surface area contributed by atoms with Crippen molar-refractivity contribution in [2.24, 2.45) is 0 Å². The van der Waals surface area contributed by atoms with Gasteiger partial charge in [0.05, 0.1) is 0 Å². The lowest BCUT2D eigenvalue weighted by Crippen LogP contribution is -2.36. The van der Waals surface area contributed by atoms with Gasteiger partial charge in [-0.3, -0.25) is 0 Å². The molecule has 0 fully saturated rings. The zero-order valence-electron chi connectivity index (χ0n) is 10.7. The van der Waals surface area contributed by atoms with Gasteiger partial charge in [-0.05, 0) is 41.5 Å². The first-order chi connectivity index (χ1) is 6.44. The van der Waals surface area contributed by atoms with E-state index in [4.69, 9.17) is 0 Å². The van der Waals surface area contributed by atoms with Gasteiger partial charge in [0.1, 0.15) is 8.07 Å². The van der Waals surface area contributed by atoms with Crippen LogP contribution in [0.15, 0.2) is 33.8 Å². The van der Waals surface area contributed by atoms with Gasteiger partial charge in [-0.2, -0.15) is 0 Å². The predicted octanol–water partition coefficient (Wildman–Crippen LogP) is 4.58. The van der Waals surface area contributed by atoms with Crippen LogP contribution in [0.2, 0.25) is 6.55 Å². The molecule has 0 unspecified atom stereocenters. The van der Waals surface area contributed by atoms with Crippen molar-refractivity contribution in [3.8, 4) is 0 Å². The van der Waals surface area contributed by atoms with Crippen LogP contribution in [0.4, 0.5) is 0 Å². The highest BCUT2D eigenvalue weighted by Crippen LogP contribution is 2.30. The molecule has 0 saturated carbocycles.